The molecule has 0 unspecified atom stereocenters. The molecule has 3 aromatic carbocycles. The van der Waals surface area contributed by atoms with Gasteiger partial charge in [-0.3, -0.25) is 13.9 Å². The van der Waals surface area contributed by atoms with E-state index in [1.807, 2.05) is 58.9 Å². The van der Waals surface area contributed by atoms with E-state index in [1.54, 1.807) is 24.3 Å². The molecule has 0 aliphatic rings. The van der Waals surface area contributed by atoms with E-state index in [9.17, 15) is 18.0 Å². The number of hydrogen-bond acceptors (Lipinski definition) is 5. The topological polar surface area (TPSA) is 96.0 Å². The summed E-state index contributed by atoms with van der Waals surface area (Å²) in [5.74, 6) is -0.230. The van der Waals surface area contributed by atoms with Gasteiger partial charge in [-0.2, -0.15) is 0 Å². The molecule has 10 heteroatoms. The van der Waals surface area contributed by atoms with Crippen molar-refractivity contribution in [1.29, 1.82) is 0 Å². The number of carbonyl (C=O) groups excluding carboxylic acids is 2. The Kier molecular flexibility index (Phi) is 11.2. The number of nitrogens with one attached hydrogen (secondary N) is 1. The molecule has 0 spiro atoms. The smallest absolute Gasteiger partial charge is 0.264 e. The Morgan fingerprint density at radius 2 is 1.59 bits per heavy atom. The first-order chi connectivity index (χ1) is 19.5. The number of anilines is 1. The van der Waals surface area contributed by atoms with E-state index < -0.39 is 28.5 Å². The van der Waals surface area contributed by atoms with Crippen LogP contribution in [-0.2, 0) is 26.2 Å². The van der Waals surface area contributed by atoms with Gasteiger partial charge in [-0.15, -0.1) is 0 Å². The Morgan fingerprint density at radius 3 is 2.15 bits per heavy atom. The maximum Gasteiger partial charge on any atom is 0.264 e. The summed E-state index contributed by atoms with van der Waals surface area (Å²) >= 11 is 6.02. The van der Waals surface area contributed by atoms with Crippen LogP contribution in [0.1, 0.15) is 45.2 Å². The van der Waals surface area contributed by atoms with Gasteiger partial charge in [-0.25, -0.2) is 8.42 Å². The van der Waals surface area contributed by atoms with Crippen molar-refractivity contribution in [2.45, 2.75) is 64.6 Å². The number of sulfonamides is 1. The minimum Gasteiger partial charge on any atom is -0.494 e. The summed E-state index contributed by atoms with van der Waals surface area (Å²) in [4.78, 5) is 28.8. The minimum atomic E-state index is -4.19. The lowest BCUT2D eigenvalue weighted by Gasteiger charge is -2.34. The van der Waals surface area contributed by atoms with Gasteiger partial charge in [0.05, 0.1) is 17.2 Å². The lowest BCUT2D eigenvalue weighted by Crippen LogP contribution is -2.53. The molecule has 3 rings (SSSR count). The van der Waals surface area contributed by atoms with Crippen LogP contribution >= 0.6 is 11.6 Å². The Balaban J connectivity index is 2.07. The molecule has 0 radical (unpaired) electrons. The summed E-state index contributed by atoms with van der Waals surface area (Å²) in [6.07, 6.45) is 0.350. The quantitative estimate of drug-likeness (QED) is 0.277. The molecule has 0 fully saturated rings. The van der Waals surface area contributed by atoms with Gasteiger partial charge >= 0.3 is 0 Å². The molecule has 3 aromatic rings. The molecule has 0 saturated heterocycles. The molecule has 1 atom stereocenters. The van der Waals surface area contributed by atoms with Gasteiger partial charge in [-0.05, 0) is 93.8 Å². The first-order valence-electron chi connectivity index (χ1n) is 13.6. The fraction of sp³-hybridized carbons (Fsp3) is 0.355. The van der Waals surface area contributed by atoms with Crippen molar-refractivity contribution < 1.29 is 22.7 Å². The van der Waals surface area contributed by atoms with Crippen molar-refractivity contribution in [2.24, 2.45) is 0 Å². The van der Waals surface area contributed by atoms with Crippen LogP contribution in [0.4, 0.5) is 5.69 Å². The third-order valence-corrected chi connectivity index (χ3v) is 8.58. The first kappa shape index (κ1) is 32.0. The van der Waals surface area contributed by atoms with E-state index in [1.165, 1.54) is 29.2 Å². The fourth-order valence-electron chi connectivity index (χ4n) is 4.41. The van der Waals surface area contributed by atoms with Crippen molar-refractivity contribution in [3.8, 4) is 5.75 Å². The third-order valence-electron chi connectivity index (χ3n) is 6.54. The highest BCUT2D eigenvalue weighted by Gasteiger charge is 2.34. The second-order valence-electron chi connectivity index (χ2n) is 9.93. The summed E-state index contributed by atoms with van der Waals surface area (Å²) in [6.45, 7) is 9.41. The first-order valence-corrected chi connectivity index (χ1v) is 15.4. The number of nitrogens with zero attached hydrogens (tertiary/aromatic N) is 2. The molecular formula is C31H38ClN3O5S. The zero-order chi connectivity index (χ0) is 30.2. The van der Waals surface area contributed by atoms with E-state index >= 15 is 0 Å². The van der Waals surface area contributed by atoms with Crippen LogP contribution < -0.4 is 14.4 Å². The maximum atomic E-state index is 14.1. The molecule has 0 heterocycles. The Hall–Kier alpha value is -3.56. The highest BCUT2D eigenvalue weighted by molar-refractivity contribution is 7.92. The summed E-state index contributed by atoms with van der Waals surface area (Å²) < 4.78 is 34.5. The molecule has 0 aliphatic heterocycles. The van der Waals surface area contributed by atoms with Crippen LogP contribution in [0, 0.1) is 6.92 Å². The second-order valence-corrected chi connectivity index (χ2v) is 12.2. The van der Waals surface area contributed by atoms with Crippen molar-refractivity contribution in [1.82, 2.24) is 10.2 Å². The monoisotopic (exact) mass is 599 g/mol. The zero-order valence-electron chi connectivity index (χ0n) is 24.1. The number of amides is 2. The number of rotatable bonds is 13. The molecular weight excluding hydrogens is 562 g/mol. The molecule has 2 amide bonds. The van der Waals surface area contributed by atoms with Crippen LogP contribution in [0.25, 0.3) is 0 Å². The average molecular weight is 600 g/mol. The molecule has 8 nitrogen and oxygen atoms in total. The van der Waals surface area contributed by atoms with E-state index in [0.29, 0.717) is 23.8 Å². The van der Waals surface area contributed by atoms with Gasteiger partial charge < -0.3 is 15.0 Å². The standard InChI is InChI=1S/C31H38ClN3O5S/c1-6-29(31(37)33-22(3)4)34(20-24-11-9-8-10-23(24)5)30(36)21-35(26-14-16-27(17-15-26)40-7-2)41(38,39)28-18-12-25(32)13-19-28/h8-19,22,29H,6-7,20-21H2,1-5H3,(H,33,37)/t29-/m0/s1. The SMILES string of the molecule is CCOc1ccc(N(CC(=O)N(Cc2ccccc2C)[C@@H](CC)C(=O)NC(C)C)S(=O)(=O)c2ccc(Cl)cc2)cc1. The van der Waals surface area contributed by atoms with Gasteiger partial charge in [0.25, 0.3) is 10.0 Å². The maximum absolute atomic E-state index is 14.1. The highest BCUT2D eigenvalue weighted by Crippen LogP contribution is 2.27. The summed E-state index contributed by atoms with van der Waals surface area (Å²) in [5.41, 5.74) is 2.11. The third kappa shape index (κ3) is 8.24. The van der Waals surface area contributed by atoms with Gasteiger partial charge in [0.1, 0.15) is 18.3 Å². The molecule has 41 heavy (non-hydrogen) atoms. The van der Waals surface area contributed by atoms with Crippen LogP contribution in [0.5, 0.6) is 5.75 Å². The van der Waals surface area contributed by atoms with Gasteiger partial charge in [0, 0.05) is 17.6 Å². The molecule has 0 saturated carbocycles. The van der Waals surface area contributed by atoms with E-state index in [-0.39, 0.29) is 29.1 Å². The number of hydrogen-bond donors (Lipinski definition) is 1. The van der Waals surface area contributed by atoms with Crippen LogP contribution in [0.3, 0.4) is 0 Å². The zero-order valence-corrected chi connectivity index (χ0v) is 25.7. The number of halogens is 1. The minimum absolute atomic E-state index is 0.0152. The number of ether oxygens (including phenoxy) is 1. The number of aryl methyl sites for hydroxylation is 1. The van der Waals surface area contributed by atoms with Crippen molar-refractivity contribution in [3.63, 3.8) is 0 Å². The van der Waals surface area contributed by atoms with Gasteiger partial charge in [-0.1, -0.05) is 42.8 Å². The molecule has 0 aliphatic carbocycles. The molecule has 0 bridgehead atoms. The predicted octanol–water partition coefficient (Wildman–Crippen LogP) is 5.57. The predicted molar refractivity (Wildman–Crippen MR) is 163 cm³/mol. The Labute approximate surface area is 248 Å². The highest BCUT2D eigenvalue weighted by atomic mass is 35.5. The normalized spacial score (nSPS) is 12.1. The Morgan fingerprint density at radius 1 is 0.951 bits per heavy atom. The fourth-order valence-corrected chi connectivity index (χ4v) is 5.95. The van der Waals surface area contributed by atoms with Crippen molar-refractivity contribution >= 4 is 39.1 Å². The second kappa shape index (κ2) is 14.4. The van der Waals surface area contributed by atoms with Crippen molar-refractivity contribution in [3.05, 3.63) is 88.9 Å². The lowest BCUT2D eigenvalue weighted by molar-refractivity contribution is -0.140. The van der Waals surface area contributed by atoms with E-state index in [0.717, 1.165) is 15.4 Å². The molecule has 1 N–H and O–H groups in total. The van der Waals surface area contributed by atoms with Crippen LogP contribution in [0.2, 0.25) is 5.02 Å². The van der Waals surface area contributed by atoms with Crippen LogP contribution in [-0.4, -0.2) is 50.4 Å². The average Bonchev–Trinajstić information content (AvgIpc) is 2.93. The van der Waals surface area contributed by atoms with Crippen molar-refractivity contribution in [2.75, 3.05) is 17.5 Å². The molecule has 220 valence electrons. The summed E-state index contributed by atoms with van der Waals surface area (Å²) in [5, 5.41) is 3.29. The van der Waals surface area contributed by atoms with Gasteiger partial charge in [0.15, 0.2) is 0 Å². The summed E-state index contributed by atoms with van der Waals surface area (Å²) in [7, 11) is -4.19. The van der Waals surface area contributed by atoms with E-state index in [2.05, 4.69) is 5.32 Å². The van der Waals surface area contributed by atoms with Crippen LogP contribution in [0.15, 0.2) is 77.7 Å². The Bertz CT molecular complexity index is 1430. The largest absolute Gasteiger partial charge is 0.494 e. The molecule has 0 aromatic heterocycles. The lowest BCUT2D eigenvalue weighted by atomic mass is 10.1. The summed E-state index contributed by atoms with van der Waals surface area (Å²) in [6, 6.07) is 19.0. The number of carbonyl (C=O) groups is 2. The van der Waals surface area contributed by atoms with E-state index in [4.69, 9.17) is 16.3 Å². The van der Waals surface area contributed by atoms with Gasteiger partial charge in [0.2, 0.25) is 11.8 Å². The number of benzene rings is 3.